The molecule has 114 valence electrons. The molecule has 0 radical (unpaired) electrons. The number of aliphatic hydroxyl groups excluding tert-OH is 1. The van der Waals surface area contributed by atoms with E-state index in [4.69, 9.17) is 18.6 Å². The van der Waals surface area contributed by atoms with E-state index in [1.54, 1.807) is 32.1 Å². The fourth-order valence-corrected chi connectivity index (χ4v) is 2.83. The van der Waals surface area contributed by atoms with Crippen LogP contribution >= 0.6 is 0 Å². The highest BCUT2D eigenvalue weighted by Crippen LogP contribution is 2.40. The number of carbonyl (C=O) groups excluding carboxylic acids is 1. The van der Waals surface area contributed by atoms with Gasteiger partial charge in [-0.15, -0.1) is 0 Å². The molecule has 1 fully saturated rings. The zero-order valence-electron chi connectivity index (χ0n) is 12.1. The highest BCUT2D eigenvalue weighted by molar-refractivity contribution is 5.70. The zero-order chi connectivity index (χ0) is 15.2. The van der Waals surface area contributed by atoms with Crippen molar-refractivity contribution in [2.75, 3.05) is 0 Å². The fraction of sp³-hybridized carbons (Fsp3) is 0.533. The second kappa shape index (κ2) is 4.98. The first-order valence-electron chi connectivity index (χ1n) is 6.84. The zero-order valence-corrected chi connectivity index (χ0v) is 12.1. The molecule has 3 rings (SSSR count). The topological polar surface area (TPSA) is 78.1 Å². The van der Waals surface area contributed by atoms with Crippen LogP contribution in [0.4, 0.5) is 0 Å². The number of hydrogen-bond donors (Lipinski definition) is 1. The van der Waals surface area contributed by atoms with Crippen LogP contribution in [0.5, 0.6) is 0 Å². The van der Waals surface area contributed by atoms with Crippen molar-refractivity contribution in [3.63, 3.8) is 0 Å². The van der Waals surface area contributed by atoms with Gasteiger partial charge in [0, 0.05) is 12.5 Å². The van der Waals surface area contributed by atoms with Gasteiger partial charge in [-0.2, -0.15) is 0 Å². The van der Waals surface area contributed by atoms with Crippen LogP contribution in [0.3, 0.4) is 0 Å². The first kappa shape index (κ1) is 14.3. The average Bonchev–Trinajstić information content (AvgIpc) is 2.99. The second-order valence-corrected chi connectivity index (χ2v) is 5.68. The molecule has 0 unspecified atom stereocenters. The Morgan fingerprint density at radius 1 is 1.33 bits per heavy atom. The Kier molecular flexibility index (Phi) is 3.39. The maximum Gasteiger partial charge on any atom is 0.303 e. The van der Waals surface area contributed by atoms with E-state index in [1.165, 1.54) is 13.2 Å². The van der Waals surface area contributed by atoms with Crippen LogP contribution in [0.2, 0.25) is 0 Å². The Morgan fingerprint density at radius 3 is 2.67 bits per heavy atom. The number of hydrogen-bond acceptors (Lipinski definition) is 6. The van der Waals surface area contributed by atoms with E-state index < -0.39 is 36.2 Å². The standard InChI is InChI=1S/C15H18O6/c1-8(16)19-11-7-9(10-5-4-6-18-10)12(17)14-13(11)20-15(2,3)21-14/h4-7,11-14,17H,1-3H3/t11-,12+,13+,14-/m1/s1. The molecule has 1 aliphatic heterocycles. The maximum atomic E-state index is 11.3. The van der Waals surface area contributed by atoms with E-state index in [0.29, 0.717) is 11.3 Å². The van der Waals surface area contributed by atoms with Gasteiger partial charge in [0.2, 0.25) is 0 Å². The molecule has 2 heterocycles. The molecule has 1 aromatic rings. The number of aliphatic hydroxyl groups is 1. The van der Waals surface area contributed by atoms with Crippen LogP contribution in [0.15, 0.2) is 28.9 Å². The molecule has 21 heavy (non-hydrogen) atoms. The number of ether oxygens (including phenoxy) is 3. The molecule has 6 heteroatoms. The van der Waals surface area contributed by atoms with E-state index in [1.807, 2.05) is 0 Å². The summed E-state index contributed by atoms with van der Waals surface area (Å²) in [5.74, 6) is -0.744. The molecular weight excluding hydrogens is 276 g/mol. The van der Waals surface area contributed by atoms with E-state index in [-0.39, 0.29) is 0 Å². The lowest BCUT2D eigenvalue weighted by molar-refractivity contribution is -0.165. The molecule has 2 aliphatic rings. The number of esters is 1. The van der Waals surface area contributed by atoms with Gasteiger partial charge >= 0.3 is 5.97 Å². The van der Waals surface area contributed by atoms with Crippen molar-refractivity contribution in [1.29, 1.82) is 0 Å². The van der Waals surface area contributed by atoms with Crippen molar-refractivity contribution in [3.05, 3.63) is 30.2 Å². The molecule has 1 saturated heterocycles. The first-order chi connectivity index (χ1) is 9.87. The number of fused-ring (bicyclic) bond motifs is 1. The lowest BCUT2D eigenvalue weighted by atomic mass is 9.88. The van der Waals surface area contributed by atoms with Crippen LogP contribution < -0.4 is 0 Å². The van der Waals surface area contributed by atoms with Crippen LogP contribution in [-0.2, 0) is 19.0 Å². The minimum absolute atomic E-state index is 0.418. The number of rotatable bonds is 2. The molecule has 1 aliphatic carbocycles. The molecule has 1 N–H and O–H groups in total. The summed E-state index contributed by atoms with van der Waals surface area (Å²) in [5.41, 5.74) is 0.536. The van der Waals surface area contributed by atoms with E-state index >= 15 is 0 Å². The Labute approximate surface area is 122 Å². The molecule has 6 nitrogen and oxygen atoms in total. The molecule has 0 spiro atoms. The minimum Gasteiger partial charge on any atom is -0.465 e. The molecule has 4 atom stereocenters. The third-order valence-corrected chi connectivity index (χ3v) is 3.57. The molecule has 0 bridgehead atoms. The summed E-state index contributed by atoms with van der Waals surface area (Å²) in [6, 6.07) is 3.47. The Hall–Kier alpha value is -1.63. The van der Waals surface area contributed by atoms with E-state index in [0.717, 1.165) is 0 Å². The van der Waals surface area contributed by atoms with Gasteiger partial charge in [0.1, 0.15) is 30.2 Å². The second-order valence-electron chi connectivity index (χ2n) is 5.68. The van der Waals surface area contributed by atoms with Crippen molar-refractivity contribution in [2.45, 2.75) is 51.0 Å². The predicted octanol–water partition coefficient (Wildman–Crippen LogP) is 1.49. The summed E-state index contributed by atoms with van der Waals surface area (Å²) in [7, 11) is 0. The lowest BCUT2D eigenvalue weighted by Gasteiger charge is -2.32. The van der Waals surface area contributed by atoms with Gasteiger partial charge in [-0.05, 0) is 32.1 Å². The smallest absolute Gasteiger partial charge is 0.303 e. The van der Waals surface area contributed by atoms with Crippen molar-refractivity contribution >= 4 is 11.5 Å². The molecule has 0 aromatic carbocycles. The van der Waals surface area contributed by atoms with Gasteiger partial charge in [-0.3, -0.25) is 4.79 Å². The normalized spacial score (nSPS) is 34.2. The van der Waals surface area contributed by atoms with Gasteiger partial charge in [0.25, 0.3) is 0 Å². The number of carbonyl (C=O) groups is 1. The van der Waals surface area contributed by atoms with Gasteiger partial charge in [0.15, 0.2) is 5.79 Å². The van der Waals surface area contributed by atoms with Crippen molar-refractivity contribution in [1.82, 2.24) is 0 Å². The average molecular weight is 294 g/mol. The largest absolute Gasteiger partial charge is 0.465 e. The highest BCUT2D eigenvalue weighted by Gasteiger charge is 2.52. The molecule has 0 saturated carbocycles. The summed E-state index contributed by atoms with van der Waals surface area (Å²) in [6.45, 7) is 4.85. The summed E-state index contributed by atoms with van der Waals surface area (Å²) >= 11 is 0. The van der Waals surface area contributed by atoms with Crippen molar-refractivity contribution in [2.24, 2.45) is 0 Å². The number of furan rings is 1. The van der Waals surface area contributed by atoms with E-state index in [9.17, 15) is 9.90 Å². The monoisotopic (exact) mass is 294 g/mol. The van der Waals surface area contributed by atoms with E-state index in [2.05, 4.69) is 0 Å². The molecular formula is C15H18O6. The molecule has 0 amide bonds. The summed E-state index contributed by atoms with van der Waals surface area (Å²) < 4.78 is 22.2. The Morgan fingerprint density at radius 2 is 2.05 bits per heavy atom. The molecule has 1 aromatic heterocycles. The van der Waals surface area contributed by atoms with Crippen LogP contribution in [-0.4, -0.2) is 41.3 Å². The van der Waals surface area contributed by atoms with Crippen LogP contribution in [0.25, 0.3) is 5.57 Å². The summed E-state index contributed by atoms with van der Waals surface area (Å²) in [4.78, 5) is 11.3. The van der Waals surface area contributed by atoms with Crippen LogP contribution in [0, 0.1) is 0 Å². The Bertz CT molecular complexity index is 559. The van der Waals surface area contributed by atoms with Gasteiger partial charge in [-0.1, -0.05) is 0 Å². The van der Waals surface area contributed by atoms with Gasteiger partial charge in [0.05, 0.1) is 6.26 Å². The third kappa shape index (κ3) is 2.62. The maximum absolute atomic E-state index is 11.3. The lowest BCUT2D eigenvalue weighted by Crippen LogP contribution is -2.47. The summed E-state index contributed by atoms with van der Waals surface area (Å²) in [6.07, 6.45) is 0.488. The highest BCUT2D eigenvalue weighted by atomic mass is 16.8. The van der Waals surface area contributed by atoms with Crippen molar-refractivity contribution < 1.29 is 28.5 Å². The Balaban J connectivity index is 1.97. The third-order valence-electron chi connectivity index (χ3n) is 3.57. The summed E-state index contributed by atoms with van der Waals surface area (Å²) in [5, 5.41) is 10.5. The SMILES string of the molecule is CC(=O)O[C@@H]1C=C(c2ccco2)[C@H](O)[C@H]2OC(C)(C)O[C@H]21. The minimum atomic E-state index is -0.908. The van der Waals surface area contributed by atoms with Crippen LogP contribution in [0.1, 0.15) is 26.5 Å². The fourth-order valence-electron chi connectivity index (χ4n) is 2.83. The van der Waals surface area contributed by atoms with Gasteiger partial charge < -0.3 is 23.7 Å². The first-order valence-corrected chi connectivity index (χ1v) is 6.84. The van der Waals surface area contributed by atoms with Crippen molar-refractivity contribution in [3.8, 4) is 0 Å². The van der Waals surface area contributed by atoms with Gasteiger partial charge in [-0.25, -0.2) is 0 Å². The predicted molar refractivity (Wildman–Crippen MR) is 72.1 cm³/mol. The quantitative estimate of drug-likeness (QED) is 0.833.